The van der Waals surface area contributed by atoms with Crippen LogP contribution in [-0.2, 0) is 16.0 Å². The van der Waals surface area contributed by atoms with Crippen LogP contribution in [0.25, 0.3) is 0 Å². The number of halogens is 1. The van der Waals surface area contributed by atoms with Gasteiger partial charge in [0.1, 0.15) is 11.4 Å². The Morgan fingerprint density at radius 2 is 1.91 bits per heavy atom. The third-order valence-corrected chi connectivity index (χ3v) is 5.44. The number of anilines is 2. The van der Waals surface area contributed by atoms with Crippen LogP contribution < -0.4 is 14.5 Å². The Morgan fingerprint density at radius 3 is 2.53 bits per heavy atom. The van der Waals surface area contributed by atoms with Crippen molar-refractivity contribution in [2.45, 2.75) is 46.8 Å². The summed E-state index contributed by atoms with van der Waals surface area (Å²) in [5.74, 6) is 0.763. The van der Waals surface area contributed by atoms with Gasteiger partial charge in [0.25, 0.3) is 0 Å². The summed E-state index contributed by atoms with van der Waals surface area (Å²) in [6.45, 7) is 12.5. The van der Waals surface area contributed by atoms with E-state index in [0.29, 0.717) is 23.9 Å². The normalized spacial score (nSPS) is 14.3. The molecule has 7 nitrogen and oxygen atoms in total. The average Bonchev–Trinajstić information content (AvgIpc) is 2.72. The third-order valence-electron chi connectivity index (χ3n) is 5.23. The number of carbonyl (C=O) groups is 1. The average molecular weight is 462 g/mol. The molecule has 1 aliphatic rings. The van der Waals surface area contributed by atoms with Crippen LogP contribution in [0.2, 0.25) is 5.02 Å². The molecule has 8 heteroatoms. The maximum atomic E-state index is 13.3. The molecule has 1 aromatic carbocycles. The second kappa shape index (κ2) is 9.96. The number of aromatic nitrogens is 1. The summed E-state index contributed by atoms with van der Waals surface area (Å²) in [7, 11) is 1.64. The fourth-order valence-electron chi connectivity index (χ4n) is 3.68. The predicted octanol–water partition coefficient (Wildman–Crippen LogP) is 5.14. The predicted molar refractivity (Wildman–Crippen MR) is 127 cm³/mol. The first kappa shape index (κ1) is 24.1. The van der Waals surface area contributed by atoms with Gasteiger partial charge in [-0.2, -0.15) is 0 Å². The minimum absolute atomic E-state index is 0.223. The minimum atomic E-state index is -0.644. The molecule has 1 amide bonds. The number of morpholine rings is 1. The second-order valence-electron chi connectivity index (χ2n) is 8.88. The number of carbonyl (C=O) groups excluding carboxylic acids is 1. The molecule has 2 aromatic rings. The van der Waals surface area contributed by atoms with Crippen molar-refractivity contribution in [2.75, 3.05) is 43.2 Å². The maximum Gasteiger partial charge on any atom is 0.415 e. The van der Waals surface area contributed by atoms with Gasteiger partial charge in [-0.05, 0) is 52.8 Å². The number of hydrogen-bond acceptors (Lipinski definition) is 6. The van der Waals surface area contributed by atoms with Gasteiger partial charge in [0.05, 0.1) is 38.2 Å². The maximum absolute atomic E-state index is 13.3. The zero-order chi connectivity index (χ0) is 23.5. The minimum Gasteiger partial charge on any atom is -0.496 e. The number of benzene rings is 1. The van der Waals surface area contributed by atoms with E-state index < -0.39 is 11.7 Å². The summed E-state index contributed by atoms with van der Waals surface area (Å²) in [5.41, 5.74) is 3.50. The third kappa shape index (κ3) is 5.84. The van der Waals surface area contributed by atoms with E-state index in [0.717, 1.165) is 41.3 Å². The first-order chi connectivity index (χ1) is 15.1. The lowest BCUT2D eigenvalue weighted by molar-refractivity contribution is 0.0577. The quantitative estimate of drug-likeness (QED) is 0.614. The fraction of sp³-hybridized carbons (Fsp3) is 0.500. The van der Waals surface area contributed by atoms with Crippen LogP contribution >= 0.6 is 11.6 Å². The van der Waals surface area contributed by atoms with Crippen molar-refractivity contribution in [1.29, 1.82) is 0 Å². The van der Waals surface area contributed by atoms with Gasteiger partial charge < -0.3 is 19.1 Å². The van der Waals surface area contributed by atoms with Crippen molar-refractivity contribution in [3.05, 3.63) is 46.2 Å². The van der Waals surface area contributed by atoms with Gasteiger partial charge in [-0.1, -0.05) is 11.6 Å². The lowest BCUT2D eigenvalue weighted by Crippen LogP contribution is -2.38. The number of rotatable bonds is 5. The van der Waals surface area contributed by atoms with Gasteiger partial charge in [-0.15, -0.1) is 0 Å². The zero-order valence-electron chi connectivity index (χ0n) is 19.7. The molecule has 32 heavy (non-hydrogen) atoms. The highest BCUT2D eigenvalue weighted by atomic mass is 35.5. The zero-order valence-corrected chi connectivity index (χ0v) is 20.5. The number of nitrogens with zero attached hydrogens (tertiary/aromatic N) is 3. The number of hydrogen-bond donors (Lipinski definition) is 0. The van der Waals surface area contributed by atoms with E-state index in [1.165, 1.54) is 0 Å². The molecule has 0 radical (unpaired) electrons. The van der Waals surface area contributed by atoms with Crippen LogP contribution in [0.5, 0.6) is 5.75 Å². The van der Waals surface area contributed by atoms with E-state index in [2.05, 4.69) is 9.88 Å². The lowest BCUT2D eigenvalue weighted by Gasteiger charge is -2.31. The summed E-state index contributed by atoms with van der Waals surface area (Å²) < 4.78 is 16.7. The van der Waals surface area contributed by atoms with Crippen molar-refractivity contribution < 1.29 is 19.0 Å². The Bertz CT molecular complexity index is 968. The molecule has 1 aromatic heterocycles. The Balaban J connectivity index is 2.02. The molecule has 2 heterocycles. The van der Waals surface area contributed by atoms with E-state index >= 15 is 0 Å². The van der Waals surface area contributed by atoms with Crippen LogP contribution in [0.4, 0.5) is 16.2 Å². The highest BCUT2D eigenvalue weighted by Gasteiger charge is 2.26. The van der Waals surface area contributed by atoms with E-state index in [-0.39, 0.29) is 6.54 Å². The largest absolute Gasteiger partial charge is 0.496 e. The highest BCUT2D eigenvalue weighted by molar-refractivity contribution is 6.31. The van der Waals surface area contributed by atoms with Crippen LogP contribution in [0.1, 0.15) is 37.6 Å². The molecule has 174 valence electrons. The Kier molecular flexibility index (Phi) is 7.51. The molecular formula is C24H32ClN3O4. The summed E-state index contributed by atoms with van der Waals surface area (Å²) in [4.78, 5) is 21.6. The first-order valence-corrected chi connectivity index (χ1v) is 11.1. The van der Waals surface area contributed by atoms with Gasteiger partial charge >= 0.3 is 6.09 Å². The van der Waals surface area contributed by atoms with Crippen molar-refractivity contribution in [3.63, 3.8) is 0 Å². The molecule has 0 spiro atoms. The van der Waals surface area contributed by atoms with Gasteiger partial charge in [0.15, 0.2) is 0 Å². The van der Waals surface area contributed by atoms with Crippen LogP contribution in [-0.4, -0.2) is 50.1 Å². The molecular weight excluding hydrogens is 430 g/mol. The van der Waals surface area contributed by atoms with Gasteiger partial charge in [-0.3, -0.25) is 9.88 Å². The standard InChI is InChI=1S/C24H32ClN3O4/c1-16-14-26-21(17(2)22(16)30-6)15-28(23(29)32-24(3,4)5)20-12-18(25)11-19(13-20)27-7-9-31-10-8-27/h11-14H,7-10,15H2,1-6H3. The number of methoxy groups -OCH3 is 1. The molecule has 1 saturated heterocycles. The molecule has 0 aliphatic carbocycles. The molecule has 1 fully saturated rings. The fourth-order valence-corrected chi connectivity index (χ4v) is 3.90. The Hall–Kier alpha value is -2.51. The molecule has 0 unspecified atom stereocenters. The smallest absolute Gasteiger partial charge is 0.415 e. The van der Waals surface area contributed by atoms with Crippen LogP contribution in [0.3, 0.4) is 0 Å². The number of aryl methyl sites for hydroxylation is 1. The Labute approximate surface area is 195 Å². The molecule has 0 bridgehead atoms. The van der Waals surface area contributed by atoms with Crippen LogP contribution in [0.15, 0.2) is 24.4 Å². The number of ether oxygens (including phenoxy) is 3. The van der Waals surface area contributed by atoms with E-state index in [9.17, 15) is 4.79 Å². The van der Waals surface area contributed by atoms with E-state index in [1.54, 1.807) is 24.3 Å². The van der Waals surface area contributed by atoms with Crippen molar-refractivity contribution in [1.82, 2.24) is 4.98 Å². The molecule has 0 atom stereocenters. The molecule has 1 aliphatic heterocycles. The molecule has 0 N–H and O–H groups in total. The SMILES string of the molecule is COc1c(C)cnc(CN(C(=O)OC(C)(C)C)c2cc(Cl)cc(N3CCOCC3)c2)c1C. The molecule has 0 saturated carbocycles. The topological polar surface area (TPSA) is 64.1 Å². The number of amides is 1. The summed E-state index contributed by atoms with van der Waals surface area (Å²) in [6.07, 6.45) is 1.29. The van der Waals surface area contributed by atoms with Crippen molar-refractivity contribution in [2.24, 2.45) is 0 Å². The summed E-state index contributed by atoms with van der Waals surface area (Å²) >= 11 is 6.48. The van der Waals surface area contributed by atoms with Gasteiger partial charge in [-0.25, -0.2) is 4.79 Å². The van der Waals surface area contributed by atoms with Gasteiger partial charge in [0, 0.05) is 41.1 Å². The van der Waals surface area contributed by atoms with Crippen molar-refractivity contribution >= 4 is 29.1 Å². The Morgan fingerprint density at radius 1 is 1.22 bits per heavy atom. The second-order valence-corrected chi connectivity index (χ2v) is 9.32. The highest BCUT2D eigenvalue weighted by Crippen LogP contribution is 2.32. The van der Waals surface area contributed by atoms with E-state index in [4.69, 9.17) is 25.8 Å². The lowest BCUT2D eigenvalue weighted by atomic mass is 10.1. The first-order valence-electron chi connectivity index (χ1n) is 10.7. The number of pyridine rings is 1. The summed E-state index contributed by atoms with van der Waals surface area (Å²) in [6, 6.07) is 5.64. The molecule has 3 rings (SSSR count). The van der Waals surface area contributed by atoms with Crippen LogP contribution in [0, 0.1) is 13.8 Å². The monoisotopic (exact) mass is 461 g/mol. The van der Waals surface area contributed by atoms with Crippen molar-refractivity contribution in [3.8, 4) is 5.75 Å². The van der Waals surface area contributed by atoms with Gasteiger partial charge in [0.2, 0.25) is 0 Å². The van der Waals surface area contributed by atoms with E-state index in [1.807, 2.05) is 46.8 Å². The summed E-state index contributed by atoms with van der Waals surface area (Å²) in [5, 5.41) is 0.545.